The van der Waals surface area contributed by atoms with Crippen molar-refractivity contribution >= 4 is 22.6 Å². The van der Waals surface area contributed by atoms with Crippen molar-refractivity contribution < 1.29 is 14.9 Å². The van der Waals surface area contributed by atoms with Crippen molar-refractivity contribution in [3.8, 4) is 11.5 Å². The van der Waals surface area contributed by atoms with Gasteiger partial charge in [-0.25, -0.2) is 0 Å². The Bertz CT molecular complexity index is 634. The predicted molar refractivity (Wildman–Crippen MR) is 100 cm³/mol. The number of phenolic OH excluding ortho intramolecular Hbond substituents is 1. The highest BCUT2D eigenvalue weighted by Gasteiger charge is 2.43. The number of benzene rings is 1. The maximum Gasteiger partial charge on any atom is 0.200 e. The zero-order valence-corrected chi connectivity index (χ0v) is 16.1. The summed E-state index contributed by atoms with van der Waals surface area (Å²) in [5, 5.41) is 21.0. The van der Waals surface area contributed by atoms with Crippen LogP contribution in [-0.2, 0) is 0 Å². The first-order valence-corrected chi connectivity index (χ1v) is 9.51. The fraction of sp³-hybridized carbons (Fsp3) is 0.579. The predicted octanol–water partition coefficient (Wildman–Crippen LogP) is 5.05. The van der Waals surface area contributed by atoms with Crippen LogP contribution in [0.4, 0.5) is 0 Å². The number of phenols is 1. The van der Waals surface area contributed by atoms with Crippen molar-refractivity contribution in [2.45, 2.75) is 64.6 Å². The first kappa shape index (κ1) is 17.1. The average molecular weight is 428 g/mol. The summed E-state index contributed by atoms with van der Waals surface area (Å²) in [7, 11) is 0. The van der Waals surface area contributed by atoms with E-state index in [1.807, 2.05) is 0 Å². The fourth-order valence-corrected chi connectivity index (χ4v) is 4.83. The van der Waals surface area contributed by atoms with Crippen LogP contribution in [0.5, 0.6) is 11.5 Å². The fourth-order valence-electron chi connectivity index (χ4n) is 4.12. The summed E-state index contributed by atoms with van der Waals surface area (Å²) in [4.78, 5) is 0. The van der Waals surface area contributed by atoms with Gasteiger partial charge in [0.25, 0.3) is 0 Å². The van der Waals surface area contributed by atoms with Crippen LogP contribution in [0.25, 0.3) is 0 Å². The Hall–Kier alpha value is -0.750. The second-order valence-corrected chi connectivity index (χ2v) is 8.31. The molecule has 0 fully saturated rings. The molecule has 126 valence electrons. The van der Waals surface area contributed by atoms with E-state index >= 15 is 0 Å². The number of aromatic hydroxyl groups is 1. The molecule has 1 unspecified atom stereocenters. The van der Waals surface area contributed by atoms with Crippen molar-refractivity contribution in [2.75, 3.05) is 0 Å². The number of rotatable bonds is 3. The molecule has 2 aliphatic rings. The Balaban J connectivity index is 2.00. The van der Waals surface area contributed by atoms with Crippen LogP contribution >= 0.6 is 22.6 Å². The number of ether oxygens (including phenoxy) is 1. The van der Waals surface area contributed by atoms with Gasteiger partial charge in [-0.3, -0.25) is 0 Å². The average Bonchev–Trinajstić information content (AvgIpc) is 2.47. The molecule has 3 rings (SSSR count). The molecule has 0 aromatic heterocycles. The number of hydrogen-bond donors (Lipinski definition) is 2. The highest BCUT2D eigenvalue weighted by atomic mass is 127. The first-order valence-electron chi connectivity index (χ1n) is 8.43. The molecule has 1 heterocycles. The van der Waals surface area contributed by atoms with Crippen LogP contribution in [0, 0.1) is 9.49 Å². The lowest BCUT2D eigenvalue weighted by Gasteiger charge is -2.42. The third-order valence-corrected chi connectivity index (χ3v) is 6.04. The van der Waals surface area contributed by atoms with Crippen LogP contribution in [0.15, 0.2) is 17.7 Å². The van der Waals surface area contributed by atoms with E-state index in [0.29, 0.717) is 11.7 Å². The van der Waals surface area contributed by atoms with Crippen molar-refractivity contribution in [1.82, 2.24) is 0 Å². The molecule has 0 bridgehead atoms. The van der Waals surface area contributed by atoms with Crippen molar-refractivity contribution in [1.29, 1.82) is 0 Å². The minimum absolute atomic E-state index is 0.0990. The summed E-state index contributed by atoms with van der Waals surface area (Å²) >= 11 is 2.19. The Morgan fingerprint density at radius 3 is 2.78 bits per heavy atom. The van der Waals surface area contributed by atoms with Gasteiger partial charge in [0.15, 0.2) is 0 Å². The molecule has 0 saturated carbocycles. The van der Waals surface area contributed by atoms with E-state index in [1.165, 1.54) is 5.57 Å². The monoisotopic (exact) mass is 428 g/mol. The van der Waals surface area contributed by atoms with Crippen molar-refractivity contribution in [3.63, 3.8) is 0 Å². The quantitative estimate of drug-likeness (QED) is 0.523. The van der Waals surface area contributed by atoms with Gasteiger partial charge < -0.3 is 14.9 Å². The molecule has 4 atom stereocenters. The second-order valence-electron chi connectivity index (χ2n) is 7.15. The molecule has 0 radical (unpaired) electrons. The molecule has 0 amide bonds. The summed E-state index contributed by atoms with van der Waals surface area (Å²) in [6, 6.07) is 1.77. The van der Waals surface area contributed by atoms with Gasteiger partial charge in [0.05, 0.1) is 3.57 Å². The Kier molecular flexibility index (Phi) is 4.93. The molecule has 2 N–H and O–H groups in total. The van der Waals surface area contributed by atoms with Gasteiger partial charge in [-0.05, 0) is 80.0 Å². The molecule has 4 heteroatoms. The maximum atomic E-state index is 10.5. The number of allylic oxidation sites excluding steroid dienone is 2. The normalized spacial score (nSPS) is 28.7. The van der Waals surface area contributed by atoms with Gasteiger partial charge in [0.2, 0.25) is 6.29 Å². The summed E-state index contributed by atoms with van der Waals surface area (Å²) < 4.78 is 6.79. The molecule has 1 aromatic rings. The van der Waals surface area contributed by atoms with E-state index in [9.17, 15) is 10.2 Å². The standard InChI is InChI=1S/C19H25IO3/c1-10(2)5-4-6-13-12-8-7-11(3)16-15(21)9-14(20)18(17(12)16)23-19(13)22/h5,9,11-13,19,21-22H,4,6-8H2,1-3H3/t11-,12+,13+,19?/m1/s1. The van der Waals surface area contributed by atoms with E-state index in [4.69, 9.17) is 4.74 Å². The van der Waals surface area contributed by atoms with Crippen LogP contribution < -0.4 is 4.74 Å². The van der Waals surface area contributed by atoms with E-state index < -0.39 is 6.29 Å². The molecule has 1 aromatic carbocycles. The Morgan fingerprint density at radius 2 is 2.09 bits per heavy atom. The smallest absolute Gasteiger partial charge is 0.200 e. The van der Waals surface area contributed by atoms with Crippen LogP contribution in [0.3, 0.4) is 0 Å². The van der Waals surface area contributed by atoms with Gasteiger partial charge in [-0.15, -0.1) is 0 Å². The third kappa shape index (κ3) is 3.12. The number of hydrogen-bond acceptors (Lipinski definition) is 3. The van der Waals surface area contributed by atoms with Gasteiger partial charge in [-0.2, -0.15) is 0 Å². The first-order chi connectivity index (χ1) is 10.9. The maximum absolute atomic E-state index is 10.5. The molecule has 0 spiro atoms. The number of aliphatic hydroxyl groups is 1. The van der Waals surface area contributed by atoms with Gasteiger partial charge in [0, 0.05) is 17.0 Å². The lowest BCUT2D eigenvalue weighted by atomic mass is 9.69. The summed E-state index contributed by atoms with van der Waals surface area (Å²) in [5.74, 6) is 1.90. The molecule has 3 nitrogen and oxygen atoms in total. The van der Waals surface area contributed by atoms with Crippen molar-refractivity contribution in [3.05, 3.63) is 32.4 Å². The second kappa shape index (κ2) is 6.63. The Labute approximate surface area is 151 Å². The summed E-state index contributed by atoms with van der Waals surface area (Å²) in [6.07, 6.45) is 5.45. The minimum atomic E-state index is -0.752. The highest BCUT2D eigenvalue weighted by molar-refractivity contribution is 14.1. The molecular formula is C19H25IO3. The molecule has 23 heavy (non-hydrogen) atoms. The van der Waals surface area contributed by atoms with Gasteiger partial charge in [0.1, 0.15) is 11.5 Å². The van der Waals surface area contributed by atoms with Crippen molar-refractivity contribution in [2.24, 2.45) is 5.92 Å². The van der Waals surface area contributed by atoms with Crippen LogP contribution in [0.1, 0.15) is 69.4 Å². The van der Waals surface area contributed by atoms with E-state index in [2.05, 4.69) is 49.4 Å². The molecule has 1 aliphatic carbocycles. The number of halogens is 1. The van der Waals surface area contributed by atoms with Gasteiger partial charge in [-0.1, -0.05) is 18.6 Å². The lowest BCUT2D eigenvalue weighted by Crippen LogP contribution is -2.38. The SMILES string of the molecule is CC(C)=CCC[C@@H]1C(O)Oc2c(I)cc(O)c3c2[C@H]1CC[C@H]3C. The zero-order valence-electron chi connectivity index (χ0n) is 14.0. The van der Waals surface area contributed by atoms with Crippen LogP contribution in [-0.4, -0.2) is 16.5 Å². The molecule has 1 aliphatic heterocycles. The van der Waals surface area contributed by atoms with E-state index in [-0.39, 0.29) is 11.8 Å². The van der Waals surface area contributed by atoms with E-state index in [1.54, 1.807) is 6.07 Å². The molecule has 0 saturated heterocycles. The van der Waals surface area contributed by atoms with Gasteiger partial charge >= 0.3 is 0 Å². The largest absolute Gasteiger partial charge is 0.508 e. The lowest BCUT2D eigenvalue weighted by molar-refractivity contribution is -0.0883. The third-order valence-electron chi connectivity index (χ3n) is 5.24. The highest BCUT2D eigenvalue weighted by Crippen LogP contribution is 2.55. The van der Waals surface area contributed by atoms with Crippen LogP contribution in [0.2, 0.25) is 0 Å². The van der Waals surface area contributed by atoms with E-state index in [0.717, 1.165) is 46.1 Å². The zero-order chi connectivity index (χ0) is 16.7. The number of aliphatic hydroxyl groups excluding tert-OH is 1. The molecular weight excluding hydrogens is 403 g/mol. The minimum Gasteiger partial charge on any atom is -0.508 e. The Morgan fingerprint density at radius 1 is 1.35 bits per heavy atom. The topological polar surface area (TPSA) is 49.7 Å². The summed E-state index contributed by atoms with van der Waals surface area (Å²) in [5.41, 5.74) is 3.50. The summed E-state index contributed by atoms with van der Waals surface area (Å²) in [6.45, 7) is 6.37.